The van der Waals surface area contributed by atoms with E-state index in [-0.39, 0.29) is 5.91 Å². The minimum absolute atomic E-state index is 0.00239. The van der Waals surface area contributed by atoms with Gasteiger partial charge in [0.25, 0.3) is 5.91 Å². The monoisotopic (exact) mass is 349 g/mol. The summed E-state index contributed by atoms with van der Waals surface area (Å²) in [5.41, 5.74) is 4.02. The lowest BCUT2D eigenvalue weighted by Crippen LogP contribution is -2.25. The first-order valence-corrected chi connectivity index (χ1v) is 9.48. The van der Waals surface area contributed by atoms with Crippen molar-refractivity contribution >= 4 is 16.9 Å². The zero-order valence-electron chi connectivity index (χ0n) is 15.7. The molecule has 136 valence electrons. The second kappa shape index (κ2) is 8.65. The number of amides is 1. The van der Waals surface area contributed by atoms with E-state index in [1.165, 1.54) is 11.9 Å². The van der Waals surface area contributed by atoms with Gasteiger partial charge >= 0.3 is 0 Å². The first-order valence-electron chi connectivity index (χ1n) is 9.48. The maximum Gasteiger partial charge on any atom is 0.251 e. The Hall–Kier alpha value is -2.62. The van der Waals surface area contributed by atoms with Gasteiger partial charge < -0.3 is 9.88 Å². The summed E-state index contributed by atoms with van der Waals surface area (Å²) in [6, 6.07) is 16.0. The second-order valence-corrected chi connectivity index (χ2v) is 6.70. The van der Waals surface area contributed by atoms with Crippen molar-refractivity contribution in [3.05, 3.63) is 65.5 Å². The number of aryl methyl sites for hydroxylation is 3. The zero-order chi connectivity index (χ0) is 18.4. The fourth-order valence-electron chi connectivity index (χ4n) is 3.25. The molecule has 4 nitrogen and oxygen atoms in total. The summed E-state index contributed by atoms with van der Waals surface area (Å²) in [5, 5.41) is 3.03. The number of fused-ring (bicyclic) bond motifs is 1. The van der Waals surface area contributed by atoms with Crippen LogP contribution in [0.25, 0.3) is 11.0 Å². The summed E-state index contributed by atoms with van der Waals surface area (Å²) in [6.07, 6.45) is 4.06. The summed E-state index contributed by atoms with van der Waals surface area (Å²) in [4.78, 5) is 17.1. The lowest BCUT2D eigenvalue weighted by molar-refractivity contribution is 0.0952. The molecule has 1 amide bonds. The third kappa shape index (κ3) is 4.13. The van der Waals surface area contributed by atoms with Gasteiger partial charge in [-0.05, 0) is 43.5 Å². The lowest BCUT2D eigenvalue weighted by Gasteiger charge is -2.10. The molecular formula is C22H27N3O. The largest absolute Gasteiger partial charge is 0.352 e. The fourth-order valence-corrected chi connectivity index (χ4v) is 3.25. The van der Waals surface area contributed by atoms with E-state index in [1.54, 1.807) is 0 Å². The number of unbranched alkanes of at least 4 members (excludes halogenated alkanes) is 1. The van der Waals surface area contributed by atoms with Gasteiger partial charge in [-0.2, -0.15) is 0 Å². The van der Waals surface area contributed by atoms with E-state index in [0.29, 0.717) is 6.54 Å². The summed E-state index contributed by atoms with van der Waals surface area (Å²) in [5.74, 6) is 1.12. The first kappa shape index (κ1) is 18.2. The standard InChI is InChI=1S/C22H27N3O/c1-3-4-16-25-20-13-8-7-12-19(20)24-21(25)14-9-15-23-22(26)18-11-6-5-10-17(18)2/h5-8,10-13H,3-4,9,14-16H2,1-2H3,(H,23,26). The van der Waals surface area contributed by atoms with Gasteiger partial charge in [0.15, 0.2) is 0 Å². The second-order valence-electron chi connectivity index (χ2n) is 6.70. The molecule has 0 aliphatic rings. The van der Waals surface area contributed by atoms with E-state index in [4.69, 9.17) is 4.98 Å². The number of carbonyl (C=O) groups is 1. The van der Waals surface area contributed by atoms with Crippen molar-refractivity contribution in [2.75, 3.05) is 6.54 Å². The average molecular weight is 349 g/mol. The highest BCUT2D eigenvalue weighted by molar-refractivity contribution is 5.95. The van der Waals surface area contributed by atoms with Crippen LogP contribution < -0.4 is 5.32 Å². The molecule has 0 saturated heterocycles. The molecule has 26 heavy (non-hydrogen) atoms. The van der Waals surface area contributed by atoms with Gasteiger partial charge in [0.05, 0.1) is 11.0 Å². The molecule has 0 radical (unpaired) electrons. The Morgan fingerprint density at radius 1 is 1.08 bits per heavy atom. The SMILES string of the molecule is CCCCn1c(CCCNC(=O)c2ccccc2C)nc2ccccc21. The fraction of sp³-hybridized carbons (Fsp3) is 0.364. The summed E-state index contributed by atoms with van der Waals surface area (Å²) in [6.45, 7) is 5.83. The first-order chi connectivity index (χ1) is 12.7. The van der Waals surface area contributed by atoms with Crippen molar-refractivity contribution in [3.8, 4) is 0 Å². The number of carbonyl (C=O) groups excluding carboxylic acids is 1. The topological polar surface area (TPSA) is 46.9 Å². The molecule has 0 spiro atoms. The van der Waals surface area contributed by atoms with Crippen LogP contribution in [-0.2, 0) is 13.0 Å². The molecule has 1 aromatic heterocycles. The molecule has 3 aromatic rings. The zero-order valence-corrected chi connectivity index (χ0v) is 15.7. The molecule has 0 bridgehead atoms. The van der Waals surface area contributed by atoms with Gasteiger partial charge in [-0.3, -0.25) is 4.79 Å². The number of hydrogen-bond donors (Lipinski definition) is 1. The van der Waals surface area contributed by atoms with Crippen LogP contribution in [-0.4, -0.2) is 22.0 Å². The molecular weight excluding hydrogens is 322 g/mol. The molecule has 0 saturated carbocycles. The Morgan fingerprint density at radius 2 is 1.85 bits per heavy atom. The molecule has 3 rings (SSSR count). The van der Waals surface area contributed by atoms with Crippen LogP contribution in [0, 0.1) is 6.92 Å². The van der Waals surface area contributed by atoms with Crippen LogP contribution in [0.2, 0.25) is 0 Å². The highest BCUT2D eigenvalue weighted by atomic mass is 16.1. The number of aromatic nitrogens is 2. The number of imidazole rings is 1. The maximum absolute atomic E-state index is 12.3. The van der Waals surface area contributed by atoms with E-state index in [0.717, 1.165) is 48.3 Å². The summed E-state index contributed by atoms with van der Waals surface area (Å²) >= 11 is 0. The van der Waals surface area contributed by atoms with Crippen LogP contribution in [0.4, 0.5) is 0 Å². The van der Waals surface area contributed by atoms with Crippen LogP contribution in [0.5, 0.6) is 0 Å². The number of para-hydroxylation sites is 2. The van der Waals surface area contributed by atoms with Crippen molar-refractivity contribution < 1.29 is 4.79 Å². The van der Waals surface area contributed by atoms with E-state index in [1.807, 2.05) is 37.3 Å². The molecule has 1 heterocycles. The van der Waals surface area contributed by atoms with Crippen molar-refractivity contribution in [1.82, 2.24) is 14.9 Å². The highest BCUT2D eigenvalue weighted by Crippen LogP contribution is 2.18. The Labute approximate surface area is 155 Å². The van der Waals surface area contributed by atoms with E-state index in [2.05, 4.69) is 35.0 Å². The average Bonchev–Trinajstić information content (AvgIpc) is 3.01. The number of hydrogen-bond acceptors (Lipinski definition) is 2. The summed E-state index contributed by atoms with van der Waals surface area (Å²) in [7, 11) is 0. The normalized spacial score (nSPS) is 11.0. The van der Waals surface area contributed by atoms with Crippen molar-refractivity contribution in [1.29, 1.82) is 0 Å². The molecule has 0 unspecified atom stereocenters. The minimum Gasteiger partial charge on any atom is -0.352 e. The molecule has 1 N–H and O–H groups in total. The molecule has 0 atom stereocenters. The van der Waals surface area contributed by atoms with Gasteiger partial charge in [0, 0.05) is 25.1 Å². The van der Waals surface area contributed by atoms with Crippen molar-refractivity contribution in [2.24, 2.45) is 0 Å². The maximum atomic E-state index is 12.3. The van der Waals surface area contributed by atoms with Crippen molar-refractivity contribution in [3.63, 3.8) is 0 Å². The van der Waals surface area contributed by atoms with Crippen LogP contribution >= 0.6 is 0 Å². The van der Waals surface area contributed by atoms with Gasteiger partial charge in [0.2, 0.25) is 0 Å². The summed E-state index contributed by atoms with van der Waals surface area (Å²) < 4.78 is 2.34. The predicted octanol–water partition coefficient (Wildman–Crippen LogP) is 4.51. The number of benzene rings is 2. The lowest BCUT2D eigenvalue weighted by atomic mass is 10.1. The van der Waals surface area contributed by atoms with Crippen LogP contribution in [0.3, 0.4) is 0 Å². The van der Waals surface area contributed by atoms with E-state index in [9.17, 15) is 4.79 Å². The number of rotatable bonds is 8. The smallest absolute Gasteiger partial charge is 0.251 e. The highest BCUT2D eigenvalue weighted by Gasteiger charge is 2.11. The van der Waals surface area contributed by atoms with E-state index < -0.39 is 0 Å². The quantitative estimate of drug-likeness (QED) is 0.608. The Kier molecular flexibility index (Phi) is 6.05. The van der Waals surface area contributed by atoms with Gasteiger partial charge in [-0.1, -0.05) is 43.7 Å². The van der Waals surface area contributed by atoms with Crippen LogP contribution in [0.15, 0.2) is 48.5 Å². The Morgan fingerprint density at radius 3 is 2.65 bits per heavy atom. The number of nitrogens with one attached hydrogen (secondary N) is 1. The third-order valence-corrected chi connectivity index (χ3v) is 4.72. The Bertz CT molecular complexity index is 882. The minimum atomic E-state index is 0.00239. The molecule has 4 heteroatoms. The van der Waals surface area contributed by atoms with Crippen LogP contribution in [0.1, 0.15) is 47.9 Å². The van der Waals surface area contributed by atoms with Gasteiger partial charge in [-0.15, -0.1) is 0 Å². The molecule has 0 fully saturated rings. The van der Waals surface area contributed by atoms with E-state index >= 15 is 0 Å². The Balaban J connectivity index is 1.61. The molecule has 0 aliphatic heterocycles. The molecule has 0 aliphatic carbocycles. The predicted molar refractivity (Wildman–Crippen MR) is 106 cm³/mol. The van der Waals surface area contributed by atoms with Crippen molar-refractivity contribution in [2.45, 2.75) is 46.1 Å². The van der Waals surface area contributed by atoms with Gasteiger partial charge in [0.1, 0.15) is 5.82 Å². The number of nitrogens with zero attached hydrogens (tertiary/aromatic N) is 2. The van der Waals surface area contributed by atoms with Gasteiger partial charge in [-0.25, -0.2) is 4.98 Å². The third-order valence-electron chi connectivity index (χ3n) is 4.72. The molecule has 2 aromatic carbocycles.